The predicted octanol–water partition coefficient (Wildman–Crippen LogP) is 4.81. The highest BCUT2D eigenvalue weighted by molar-refractivity contribution is 7.98. The van der Waals surface area contributed by atoms with Crippen molar-refractivity contribution in [2.45, 2.75) is 9.79 Å². The number of anilines is 1. The highest BCUT2D eigenvalue weighted by Crippen LogP contribution is 2.36. The molecule has 128 valence electrons. The molecule has 3 rings (SSSR count). The van der Waals surface area contributed by atoms with Gasteiger partial charge in [-0.2, -0.15) is 13.5 Å². The van der Waals surface area contributed by atoms with E-state index >= 15 is 0 Å². The van der Waals surface area contributed by atoms with Crippen LogP contribution >= 0.6 is 11.8 Å². The zero-order valence-corrected chi connectivity index (χ0v) is 14.9. The molecular formula is C17H15N3O3S2. The van der Waals surface area contributed by atoms with E-state index in [1.165, 1.54) is 6.07 Å². The molecule has 0 saturated carbocycles. The van der Waals surface area contributed by atoms with Crippen LogP contribution in [-0.4, -0.2) is 19.2 Å². The van der Waals surface area contributed by atoms with Crippen molar-refractivity contribution < 1.29 is 13.0 Å². The topological polar surface area (TPSA) is 105 Å². The summed E-state index contributed by atoms with van der Waals surface area (Å²) in [4.78, 5) is 0.849. The SMILES string of the molecule is CSc1ccc(/N=N/c2cc(S(=O)(=O)O)c3ccccc3c2N)cc1. The van der Waals surface area contributed by atoms with Crippen LogP contribution in [0.5, 0.6) is 0 Å². The normalized spacial score (nSPS) is 12.1. The first-order valence-corrected chi connectivity index (χ1v) is 9.91. The third kappa shape index (κ3) is 3.65. The van der Waals surface area contributed by atoms with Crippen LogP contribution in [0, 0.1) is 0 Å². The van der Waals surface area contributed by atoms with Crippen molar-refractivity contribution in [1.82, 2.24) is 0 Å². The number of nitrogens with two attached hydrogens (primary N) is 1. The van der Waals surface area contributed by atoms with E-state index in [1.807, 2.05) is 18.4 Å². The molecule has 0 heterocycles. The number of azo groups is 1. The van der Waals surface area contributed by atoms with Gasteiger partial charge in [-0.25, -0.2) is 0 Å². The van der Waals surface area contributed by atoms with Crippen LogP contribution in [0.15, 0.2) is 74.6 Å². The van der Waals surface area contributed by atoms with E-state index in [2.05, 4.69) is 10.2 Å². The summed E-state index contributed by atoms with van der Waals surface area (Å²) in [5.74, 6) is 0. The minimum Gasteiger partial charge on any atom is -0.396 e. The largest absolute Gasteiger partial charge is 0.396 e. The number of fused-ring (bicyclic) bond motifs is 1. The summed E-state index contributed by atoms with van der Waals surface area (Å²) < 4.78 is 32.9. The lowest BCUT2D eigenvalue weighted by Crippen LogP contribution is -2.01. The van der Waals surface area contributed by atoms with Gasteiger partial charge in [0.15, 0.2) is 0 Å². The number of hydrogen-bond acceptors (Lipinski definition) is 6. The molecular weight excluding hydrogens is 358 g/mol. The molecule has 0 spiro atoms. The van der Waals surface area contributed by atoms with Gasteiger partial charge in [-0.3, -0.25) is 4.55 Å². The van der Waals surface area contributed by atoms with Gasteiger partial charge in [0.2, 0.25) is 0 Å². The van der Waals surface area contributed by atoms with Gasteiger partial charge < -0.3 is 5.73 Å². The monoisotopic (exact) mass is 373 g/mol. The van der Waals surface area contributed by atoms with Crippen molar-refractivity contribution in [3.05, 3.63) is 54.6 Å². The molecule has 0 aliphatic heterocycles. The first-order chi connectivity index (χ1) is 11.9. The second kappa shape index (κ2) is 6.83. The van der Waals surface area contributed by atoms with Crippen LogP contribution in [0.25, 0.3) is 10.8 Å². The highest BCUT2D eigenvalue weighted by Gasteiger charge is 2.18. The molecule has 0 radical (unpaired) electrons. The minimum atomic E-state index is -4.42. The second-order valence-electron chi connectivity index (χ2n) is 5.23. The summed E-state index contributed by atoms with van der Waals surface area (Å²) in [7, 11) is -4.42. The molecule has 3 aromatic rings. The fourth-order valence-corrected chi connectivity index (χ4v) is 3.53. The molecule has 0 fully saturated rings. The summed E-state index contributed by atoms with van der Waals surface area (Å²) in [6.45, 7) is 0. The Morgan fingerprint density at radius 1 is 1.00 bits per heavy atom. The van der Waals surface area contributed by atoms with Crippen molar-refractivity contribution in [2.75, 3.05) is 12.0 Å². The molecule has 25 heavy (non-hydrogen) atoms. The Kier molecular flexibility index (Phi) is 4.76. The molecule has 0 amide bonds. The van der Waals surface area contributed by atoms with Crippen LogP contribution in [0.3, 0.4) is 0 Å². The van der Waals surface area contributed by atoms with Crippen molar-refractivity contribution in [3.63, 3.8) is 0 Å². The Balaban J connectivity index is 2.12. The lowest BCUT2D eigenvalue weighted by Gasteiger charge is -2.09. The number of nitrogen functional groups attached to an aromatic ring is 1. The molecule has 0 aliphatic rings. The fraction of sp³-hybridized carbons (Fsp3) is 0.0588. The molecule has 3 N–H and O–H groups in total. The first kappa shape index (κ1) is 17.4. The molecule has 0 unspecified atom stereocenters. The van der Waals surface area contributed by atoms with E-state index in [4.69, 9.17) is 5.73 Å². The van der Waals surface area contributed by atoms with Gasteiger partial charge in [0.25, 0.3) is 10.1 Å². The zero-order chi connectivity index (χ0) is 18.0. The van der Waals surface area contributed by atoms with Gasteiger partial charge in [-0.15, -0.1) is 16.9 Å². The average Bonchev–Trinajstić information content (AvgIpc) is 2.61. The molecule has 0 saturated heterocycles. The van der Waals surface area contributed by atoms with Crippen LogP contribution < -0.4 is 5.73 Å². The quantitative estimate of drug-likeness (QED) is 0.296. The minimum absolute atomic E-state index is 0.181. The third-order valence-electron chi connectivity index (χ3n) is 3.65. The van der Waals surface area contributed by atoms with Gasteiger partial charge in [0.05, 0.1) is 11.4 Å². The number of rotatable bonds is 4. The Labute approximate surface area is 149 Å². The van der Waals surface area contributed by atoms with Crippen molar-refractivity contribution in [2.24, 2.45) is 10.2 Å². The van der Waals surface area contributed by atoms with E-state index < -0.39 is 10.1 Å². The second-order valence-corrected chi connectivity index (χ2v) is 7.50. The Bertz CT molecular complexity index is 1060. The van der Waals surface area contributed by atoms with Crippen LogP contribution in [0.2, 0.25) is 0 Å². The fourth-order valence-electron chi connectivity index (χ4n) is 2.41. The number of hydrogen-bond donors (Lipinski definition) is 2. The number of benzene rings is 3. The molecule has 0 aliphatic carbocycles. The summed E-state index contributed by atoms with van der Waals surface area (Å²) in [6.07, 6.45) is 1.98. The molecule has 8 heteroatoms. The van der Waals surface area contributed by atoms with E-state index in [0.29, 0.717) is 22.1 Å². The zero-order valence-electron chi connectivity index (χ0n) is 13.2. The lowest BCUT2D eigenvalue weighted by molar-refractivity contribution is 0.484. The Morgan fingerprint density at radius 3 is 2.24 bits per heavy atom. The standard InChI is InChI=1S/C17H15N3O3S2/c1-24-12-8-6-11(7-9-12)19-20-15-10-16(25(21,22)23)13-4-2-3-5-14(13)17(15)18/h2-10H,18H2,1H3,(H,21,22,23)/b20-19+. The third-order valence-corrected chi connectivity index (χ3v) is 5.29. The highest BCUT2D eigenvalue weighted by atomic mass is 32.2. The summed E-state index contributed by atoms with van der Waals surface area (Å²) in [5.41, 5.74) is 7.20. The van der Waals surface area contributed by atoms with Gasteiger partial charge in [-0.1, -0.05) is 24.3 Å². The van der Waals surface area contributed by atoms with Crippen molar-refractivity contribution in [1.29, 1.82) is 0 Å². The predicted molar refractivity (Wildman–Crippen MR) is 101 cm³/mol. The van der Waals surface area contributed by atoms with Crippen LogP contribution in [-0.2, 0) is 10.1 Å². The molecule has 6 nitrogen and oxygen atoms in total. The van der Waals surface area contributed by atoms with Gasteiger partial charge in [0.1, 0.15) is 10.6 Å². The van der Waals surface area contributed by atoms with E-state index in [0.717, 1.165) is 4.90 Å². The number of nitrogens with zero attached hydrogens (tertiary/aromatic N) is 2. The maximum Gasteiger partial charge on any atom is 0.295 e. The lowest BCUT2D eigenvalue weighted by atomic mass is 10.1. The van der Waals surface area contributed by atoms with Crippen LogP contribution in [0.4, 0.5) is 17.1 Å². The van der Waals surface area contributed by atoms with E-state index in [9.17, 15) is 13.0 Å². The van der Waals surface area contributed by atoms with Gasteiger partial charge in [-0.05, 0) is 36.6 Å². The smallest absolute Gasteiger partial charge is 0.295 e. The van der Waals surface area contributed by atoms with Crippen LogP contribution in [0.1, 0.15) is 0 Å². The van der Waals surface area contributed by atoms with Crippen molar-refractivity contribution >= 4 is 49.7 Å². The van der Waals surface area contributed by atoms with Gasteiger partial charge >= 0.3 is 0 Å². The van der Waals surface area contributed by atoms with E-state index in [-0.39, 0.29) is 10.6 Å². The maximum atomic E-state index is 11.7. The average molecular weight is 373 g/mol. The van der Waals surface area contributed by atoms with Crippen molar-refractivity contribution in [3.8, 4) is 0 Å². The Morgan fingerprint density at radius 2 is 1.64 bits per heavy atom. The first-order valence-electron chi connectivity index (χ1n) is 7.24. The summed E-state index contributed by atoms with van der Waals surface area (Å²) in [6, 6.07) is 15.3. The maximum absolute atomic E-state index is 11.7. The summed E-state index contributed by atoms with van der Waals surface area (Å²) in [5, 5.41) is 9.00. The number of thioether (sulfide) groups is 1. The van der Waals surface area contributed by atoms with Gasteiger partial charge in [0, 0.05) is 15.7 Å². The summed E-state index contributed by atoms with van der Waals surface area (Å²) >= 11 is 1.61. The Hall–Kier alpha value is -2.42. The molecule has 0 atom stereocenters. The molecule has 0 aromatic heterocycles. The van der Waals surface area contributed by atoms with E-state index in [1.54, 1.807) is 48.2 Å². The molecule has 3 aromatic carbocycles. The molecule has 0 bridgehead atoms.